The van der Waals surface area contributed by atoms with Crippen molar-refractivity contribution in [1.29, 1.82) is 0 Å². The maximum absolute atomic E-state index is 4.69. The number of benzene rings is 1. The first-order valence-electron chi connectivity index (χ1n) is 10.5. The van der Waals surface area contributed by atoms with Crippen LogP contribution in [-0.2, 0) is 0 Å². The molecule has 1 N–H and O–H groups in total. The lowest BCUT2D eigenvalue weighted by atomic mass is 9.86. The fourth-order valence-electron chi connectivity index (χ4n) is 4.78. The highest BCUT2D eigenvalue weighted by molar-refractivity contribution is 5.88. The van der Waals surface area contributed by atoms with Crippen LogP contribution in [0.2, 0.25) is 0 Å². The second-order valence-electron chi connectivity index (χ2n) is 9.43. The number of hydrogen-bond acceptors (Lipinski definition) is 7. The highest BCUT2D eigenvalue weighted by Gasteiger charge is 2.60. The third-order valence-corrected chi connectivity index (χ3v) is 6.30. The Morgan fingerprint density at radius 2 is 1.97 bits per heavy atom. The molecular weight excluding hydrogens is 374 g/mol. The first kappa shape index (κ1) is 19.1. The molecule has 154 valence electrons. The Morgan fingerprint density at radius 3 is 2.77 bits per heavy atom. The molecule has 1 aliphatic heterocycles. The van der Waals surface area contributed by atoms with Gasteiger partial charge in [-0.25, -0.2) is 4.99 Å². The molecule has 3 heterocycles. The van der Waals surface area contributed by atoms with Crippen molar-refractivity contribution in [3.63, 3.8) is 0 Å². The lowest BCUT2D eigenvalue weighted by Crippen LogP contribution is -2.54. The van der Waals surface area contributed by atoms with Gasteiger partial charge in [0.25, 0.3) is 0 Å². The third-order valence-electron chi connectivity index (χ3n) is 6.30. The first-order valence-corrected chi connectivity index (χ1v) is 10.5. The van der Waals surface area contributed by atoms with Crippen LogP contribution in [-0.4, -0.2) is 51.6 Å². The fourth-order valence-corrected chi connectivity index (χ4v) is 4.78. The van der Waals surface area contributed by atoms with Crippen LogP contribution in [0.25, 0.3) is 11.0 Å². The molecule has 2 aliphatic rings. The molecule has 2 fully saturated rings. The zero-order valence-electron chi connectivity index (χ0n) is 17.7. The van der Waals surface area contributed by atoms with E-state index in [-0.39, 0.29) is 5.54 Å². The van der Waals surface area contributed by atoms with Crippen LogP contribution in [0.1, 0.15) is 32.8 Å². The minimum Gasteiger partial charge on any atom is -0.365 e. The Bertz CT molecular complexity index is 1100. The van der Waals surface area contributed by atoms with Crippen molar-refractivity contribution >= 4 is 28.8 Å². The molecule has 1 aromatic carbocycles. The molecule has 30 heavy (non-hydrogen) atoms. The quantitative estimate of drug-likeness (QED) is 0.678. The van der Waals surface area contributed by atoms with E-state index in [4.69, 9.17) is 0 Å². The van der Waals surface area contributed by atoms with E-state index >= 15 is 0 Å². The van der Waals surface area contributed by atoms with E-state index in [1.54, 1.807) is 18.6 Å². The van der Waals surface area contributed by atoms with Gasteiger partial charge in [-0.05, 0) is 41.5 Å². The Labute approximate surface area is 176 Å². The van der Waals surface area contributed by atoms with Gasteiger partial charge >= 0.3 is 0 Å². The van der Waals surface area contributed by atoms with Crippen LogP contribution in [0.5, 0.6) is 0 Å². The van der Waals surface area contributed by atoms with E-state index in [1.807, 2.05) is 30.5 Å². The molecule has 1 spiro atoms. The van der Waals surface area contributed by atoms with Crippen LogP contribution >= 0.6 is 0 Å². The SMILES string of the molecule is CC(C)(C)C1CC12CN(c1ccnnc1N=Cc1ccc3nccnc3c1)CCN2. The molecule has 1 saturated heterocycles. The molecule has 1 saturated carbocycles. The van der Waals surface area contributed by atoms with E-state index in [0.717, 1.165) is 41.9 Å². The Kier molecular flexibility index (Phi) is 4.50. The van der Waals surface area contributed by atoms with E-state index in [1.165, 1.54) is 6.42 Å². The molecule has 2 aromatic heterocycles. The number of aromatic nitrogens is 4. The van der Waals surface area contributed by atoms with E-state index < -0.39 is 0 Å². The average molecular weight is 402 g/mol. The highest BCUT2D eigenvalue weighted by atomic mass is 15.3. The number of anilines is 1. The zero-order valence-corrected chi connectivity index (χ0v) is 17.7. The number of nitrogens with one attached hydrogen (secondary N) is 1. The summed E-state index contributed by atoms with van der Waals surface area (Å²) >= 11 is 0. The summed E-state index contributed by atoms with van der Waals surface area (Å²) in [5.74, 6) is 1.34. The maximum atomic E-state index is 4.69. The molecule has 0 amide bonds. The van der Waals surface area contributed by atoms with Crippen molar-refractivity contribution < 1.29 is 0 Å². The number of hydrogen-bond donors (Lipinski definition) is 1. The second-order valence-corrected chi connectivity index (χ2v) is 9.43. The number of aliphatic imine (C=N–C) groups is 1. The predicted octanol–water partition coefficient (Wildman–Crippen LogP) is 3.38. The summed E-state index contributed by atoms with van der Waals surface area (Å²) in [4.78, 5) is 15.8. The van der Waals surface area contributed by atoms with Crippen LogP contribution in [0.3, 0.4) is 0 Å². The Morgan fingerprint density at radius 1 is 1.13 bits per heavy atom. The summed E-state index contributed by atoms with van der Waals surface area (Å²) in [6.07, 6.45) is 8.21. The largest absolute Gasteiger partial charge is 0.365 e. The topological polar surface area (TPSA) is 79.2 Å². The van der Waals surface area contributed by atoms with Crippen LogP contribution in [0.4, 0.5) is 11.5 Å². The number of fused-ring (bicyclic) bond motifs is 1. The minimum atomic E-state index is 0.206. The summed E-state index contributed by atoms with van der Waals surface area (Å²) in [7, 11) is 0. The molecule has 7 heteroatoms. The van der Waals surface area contributed by atoms with Gasteiger partial charge in [-0.2, -0.15) is 5.10 Å². The normalized spacial score (nSPS) is 24.1. The summed E-state index contributed by atoms with van der Waals surface area (Å²) in [6.45, 7) is 9.91. The van der Waals surface area contributed by atoms with Crippen molar-refractivity contribution in [2.24, 2.45) is 16.3 Å². The number of piperazine rings is 1. The maximum Gasteiger partial charge on any atom is 0.198 e. The van der Waals surface area contributed by atoms with Gasteiger partial charge in [0.1, 0.15) is 0 Å². The zero-order chi connectivity index (χ0) is 20.8. The molecule has 2 atom stereocenters. The fraction of sp³-hybridized carbons (Fsp3) is 0.435. The molecule has 7 nitrogen and oxygen atoms in total. The van der Waals surface area contributed by atoms with Crippen molar-refractivity contribution in [2.45, 2.75) is 32.7 Å². The van der Waals surface area contributed by atoms with Gasteiger partial charge in [0.05, 0.1) is 22.9 Å². The third kappa shape index (κ3) is 3.54. The minimum absolute atomic E-state index is 0.206. The molecule has 3 aromatic rings. The van der Waals surface area contributed by atoms with Crippen molar-refractivity contribution in [3.05, 3.63) is 48.4 Å². The monoisotopic (exact) mass is 401 g/mol. The highest BCUT2D eigenvalue weighted by Crippen LogP contribution is 2.55. The van der Waals surface area contributed by atoms with Crippen molar-refractivity contribution in [3.8, 4) is 0 Å². The summed E-state index contributed by atoms with van der Waals surface area (Å²) in [5, 5.41) is 12.2. The summed E-state index contributed by atoms with van der Waals surface area (Å²) < 4.78 is 0. The summed E-state index contributed by atoms with van der Waals surface area (Å²) in [6, 6.07) is 7.97. The van der Waals surface area contributed by atoms with Gasteiger partial charge in [0.15, 0.2) is 5.82 Å². The van der Waals surface area contributed by atoms with Gasteiger partial charge in [0, 0.05) is 43.8 Å². The van der Waals surface area contributed by atoms with Crippen LogP contribution in [0, 0.1) is 11.3 Å². The van der Waals surface area contributed by atoms with Crippen LogP contribution in [0.15, 0.2) is 47.8 Å². The second kappa shape index (κ2) is 7.09. The number of rotatable bonds is 3. The molecule has 0 bridgehead atoms. The predicted molar refractivity (Wildman–Crippen MR) is 119 cm³/mol. The van der Waals surface area contributed by atoms with Gasteiger partial charge in [-0.1, -0.05) is 26.8 Å². The molecule has 2 unspecified atom stereocenters. The Hall–Kier alpha value is -2.93. The average Bonchev–Trinajstić information content (AvgIpc) is 3.45. The van der Waals surface area contributed by atoms with Crippen molar-refractivity contribution in [2.75, 3.05) is 24.5 Å². The van der Waals surface area contributed by atoms with Crippen LogP contribution < -0.4 is 10.2 Å². The molecule has 1 aliphatic carbocycles. The summed E-state index contributed by atoms with van der Waals surface area (Å²) in [5.41, 5.74) is 4.25. The van der Waals surface area contributed by atoms with E-state index in [9.17, 15) is 0 Å². The van der Waals surface area contributed by atoms with Gasteiger partial charge < -0.3 is 10.2 Å². The van der Waals surface area contributed by atoms with Gasteiger partial charge in [-0.15, -0.1) is 5.10 Å². The van der Waals surface area contributed by atoms with E-state index in [2.05, 4.69) is 56.1 Å². The standard InChI is InChI=1S/C23H27N7/c1-22(2,3)20-13-23(20)15-30(11-10-27-23)19-6-7-28-29-21(19)26-14-16-4-5-17-18(12-16)25-9-8-24-17/h4-9,12,14,20,27H,10-11,13,15H2,1-3H3. The molecule has 5 rings (SSSR count). The van der Waals surface area contributed by atoms with Crippen molar-refractivity contribution in [1.82, 2.24) is 25.5 Å². The van der Waals surface area contributed by atoms with Gasteiger partial charge in [0.2, 0.25) is 0 Å². The molecular formula is C23H27N7. The lowest BCUT2D eigenvalue weighted by Gasteiger charge is -2.38. The number of nitrogens with zero attached hydrogens (tertiary/aromatic N) is 6. The molecule has 0 radical (unpaired) electrons. The smallest absolute Gasteiger partial charge is 0.198 e. The van der Waals surface area contributed by atoms with E-state index in [0.29, 0.717) is 17.2 Å². The Balaban J connectivity index is 1.39. The first-order chi connectivity index (χ1) is 14.4. The van der Waals surface area contributed by atoms with Gasteiger partial charge in [-0.3, -0.25) is 9.97 Å². The lowest BCUT2D eigenvalue weighted by molar-refractivity contribution is 0.282.